The van der Waals surface area contributed by atoms with Gasteiger partial charge in [-0.15, -0.1) is 0 Å². The summed E-state index contributed by atoms with van der Waals surface area (Å²) in [7, 11) is 0. The van der Waals surface area contributed by atoms with Gasteiger partial charge in [0.05, 0.1) is 11.4 Å². The Hall–Kier alpha value is -6.32. The summed E-state index contributed by atoms with van der Waals surface area (Å²) < 4.78 is 6.48. The lowest BCUT2D eigenvalue weighted by Gasteiger charge is -2.25. The summed E-state index contributed by atoms with van der Waals surface area (Å²) in [6.45, 7) is 4.70. The van der Waals surface area contributed by atoms with Gasteiger partial charge in [0.15, 0.2) is 5.82 Å². The predicted molar refractivity (Wildman–Crippen MR) is 206 cm³/mol. The highest BCUT2D eigenvalue weighted by Crippen LogP contribution is 2.53. The minimum absolute atomic E-state index is 0.123. The van der Waals surface area contributed by atoms with Gasteiger partial charge in [0.2, 0.25) is 0 Å². The van der Waals surface area contributed by atoms with Gasteiger partial charge in [-0.25, -0.2) is 9.97 Å². The number of hydrogen-bond acceptors (Lipinski definition) is 3. The van der Waals surface area contributed by atoms with Crippen LogP contribution in [0.15, 0.2) is 162 Å². The number of aromatic nitrogens is 2. The molecule has 0 bridgehead atoms. The highest BCUT2D eigenvalue weighted by molar-refractivity contribution is 6.10. The summed E-state index contributed by atoms with van der Waals surface area (Å²) in [5.41, 5.74) is 14.1. The van der Waals surface area contributed by atoms with E-state index in [0.29, 0.717) is 5.82 Å². The first-order valence-electron chi connectivity index (χ1n) is 17.2. The second-order valence-electron chi connectivity index (χ2n) is 13.7. The molecule has 0 saturated carbocycles. The first-order chi connectivity index (χ1) is 24.6. The Labute approximate surface area is 290 Å². The maximum absolute atomic E-state index is 6.48. The van der Waals surface area contributed by atoms with E-state index >= 15 is 0 Å². The fourth-order valence-corrected chi connectivity index (χ4v) is 8.21. The van der Waals surface area contributed by atoms with Gasteiger partial charge in [-0.1, -0.05) is 147 Å². The zero-order chi connectivity index (χ0) is 33.4. The summed E-state index contributed by atoms with van der Waals surface area (Å²) in [5, 5.41) is 4.48. The quantitative estimate of drug-likeness (QED) is 0.192. The van der Waals surface area contributed by atoms with Crippen molar-refractivity contribution in [1.29, 1.82) is 0 Å². The Kier molecular flexibility index (Phi) is 6.22. The Morgan fingerprint density at radius 3 is 1.86 bits per heavy atom. The van der Waals surface area contributed by atoms with Crippen LogP contribution in [-0.4, -0.2) is 9.97 Å². The fraction of sp³-hybridized carbons (Fsp3) is 0.0638. The van der Waals surface area contributed by atoms with Crippen molar-refractivity contribution in [3.63, 3.8) is 0 Å². The Balaban J connectivity index is 1.20. The average Bonchev–Trinajstić information content (AvgIpc) is 3.67. The zero-order valence-electron chi connectivity index (χ0n) is 27.8. The van der Waals surface area contributed by atoms with E-state index in [1.54, 1.807) is 0 Å². The summed E-state index contributed by atoms with van der Waals surface area (Å²) in [4.78, 5) is 10.6. The minimum Gasteiger partial charge on any atom is -0.455 e. The molecular weight excluding hydrogens is 609 g/mol. The number of nitrogens with zero attached hydrogens (tertiary/aromatic N) is 2. The van der Waals surface area contributed by atoms with Crippen LogP contribution in [0.5, 0.6) is 0 Å². The van der Waals surface area contributed by atoms with Crippen molar-refractivity contribution < 1.29 is 4.42 Å². The lowest BCUT2D eigenvalue weighted by molar-refractivity contribution is 0.662. The van der Waals surface area contributed by atoms with Gasteiger partial charge in [-0.05, 0) is 68.4 Å². The van der Waals surface area contributed by atoms with Crippen molar-refractivity contribution in [2.24, 2.45) is 0 Å². The highest BCUT2D eigenvalue weighted by Gasteiger charge is 2.37. The van der Waals surface area contributed by atoms with Crippen LogP contribution in [0.3, 0.4) is 0 Å². The van der Waals surface area contributed by atoms with Crippen molar-refractivity contribution in [3.05, 3.63) is 169 Å². The summed E-state index contributed by atoms with van der Waals surface area (Å²) in [6, 6.07) is 55.7. The van der Waals surface area contributed by atoms with Crippen LogP contribution < -0.4 is 0 Å². The van der Waals surface area contributed by atoms with Gasteiger partial charge in [0, 0.05) is 32.9 Å². The van der Waals surface area contributed by atoms with E-state index in [-0.39, 0.29) is 5.41 Å². The van der Waals surface area contributed by atoms with E-state index in [9.17, 15) is 0 Å². The number of furan rings is 1. The van der Waals surface area contributed by atoms with Crippen molar-refractivity contribution in [2.75, 3.05) is 0 Å². The molecule has 0 N–H and O–H groups in total. The molecule has 0 unspecified atom stereocenters. The zero-order valence-corrected chi connectivity index (χ0v) is 27.8. The summed E-state index contributed by atoms with van der Waals surface area (Å²) in [5.74, 6) is 0.684. The maximum Gasteiger partial charge on any atom is 0.161 e. The molecule has 0 fully saturated rings. The number of rotatable bonds is 4. The third-order valence-corrected chi connectivity index (χ3v) is 10.5. The van der Waals surface area contributed by atoms with Crippen molar-refractivity contribution in [3.8, 4) is 56.2 Å². The topological polar surface area (TPSA) is 38.9 Å². The largest absolute Gasteiger partial charge is 0.455 e. The van der Waals surface area contributed by atoms with Crippen LogP contribution in [0.2, 0.25) is 0 Å². The predicted octanol–water partition coefficient (Wildman–Crippen LogP) is 12.5. The molecule has 10 rings (SSSR count). The van der Waals surface area contributed by atoms with Gasteiger partial charge in [0.25, 0.3) is 0 Å². The molecule has 0 spiro atoms. The van der Waals surface area contributed by atoms with Crippen molar-refractivity contribution in [1.82, 2.24) is 9.97 Å². The summed E-state index contributed by atoms with van der Waals surface area (Å²) in [6.07, 6.45) is 0. The summed E-state index contributed by atoms with van der Waals surface area (Å²) >= 11 is 0. The SMILES string of the molecule is CC1(C)c2ccccc2-c2cccc(-c3ccc(-c4nc(-c5ccccc5)cc(-c5cccc6c5oc5ccccc56)n4)c4ccccc34)c21. The molecule has 236 valence electrons. The van der Waals surface area contributed by atoms with E-state index in [1.807, 2.05) is 18.2 Å². The Morgan fingerprint density at radius 1 is 0.440 bits per heavy atom. The number of hydrogen-bond donors (Lipinski definition) is 0. The van der Waals surface area contributed by atoms with E-state index in [2.05, 4.69) is 153 Å². The smallest absolute Gasteiger partial charge is 0.161 e. The monoisotopic (exact) mass is 640 g/mol. The Bertz CT molecular complexity index is 2790. The van der Waals surface area contributed by atoms with Crippen LogP contribution in [0, 0.1) is 0 Å². The molecule has 2 heterocycles. The Morgan fingerprint density at radius 2 is 1.02 bits per heavy atom. The molecule has 9 aromatic rings. The first-order valence-corrected chi connectivity index (χ1v) is 17.2. The molecule has 7 aromatic carbocycles. The standard InChI is InChI=1S/C47H32N2O/c1-47(2)40-24-10-8-18-33(40)36-21-12-20-35(44(36)47)32-26-27-38(31-17-7-6-16-30(31)32)46-48-41(29-14-4-3-5-15-29)28-42(49-46)39-23-13-22-37-34-19-9-11-25-43(34)50-45(37)39/h3-28H,1-2H3. The van der Waals surface area contributed by atoms with Crippen LogP contribution in [0.25, 0.3) is 88.9 Å². The van der Waals surface area contributed by atoms with E-state index in [1.165, 1.54) is 38.8 Å². The average molecular weight is 641 g/mol. The molecule has 50 heavy (non-hydrogen) atoms. The molecule has 3 heteroatoms. The van der Waals surface area contributed by atoms with Gasteiger partial charge >= 0.3 is 0 Å². The molecule has 3 nitrogen and oxygen atoms in total. The van der Waals surface area contributed by atoms with E-state index < -0.39 is 0 Å². The minimum atomic E-state index is -0.123. The van der Waals surface area contributed by atoms with Crippen LogP contribution in [-0.2, 0) is 5.41 Å². The molecule has 0 saturated heterocycles. The molecule has 2 aromatic heterocycles. The molecule has 1 aliphatic rings. The molecule has 0 aliphatic heterocycles. The van der Waals surface area contributed by atoms with Gasteiger partial charge in [-0.3, -0.25) is 0 Å². The molecule has 1 aliphatic carbocycles. The number of para-hydroxylation sites is 2. The van der Waals surface area contributed by atoms with Crippen LogP contribution >= 0.6 is 0 Å². The van der Waals surface area contributed by atoms with E-state index in [4.69, 9.17) is 14.4 Å². The number of benzene rings is 7. The van der Waals surface area contributed by atoms with E-state index in [0.717, 1.165) is 55.4 Å². The van der Waals surface area contributed by atoms with Crippen molar-refractivity contribution >= 4 is 32.7 Å². The van der Waals surface area contributed by atoms with Crippen LogP contribution in [0.4, 0.5) is 0 Å². The highest BCUT2D eigenvalue weighted by atomic mass is 16.3. The lowest BCUT2D eigenvalue weighted by Crippen LogP contribution is -2.16. The first kappa shape index (κ1) is 28.7. The number of fused-ring (bicyclic) bond motifs is 7. The third kappa shape index (κ3) is 4.23. The second kappa shape index (κ2) is 10.8. The molecule has 0 atom stereocenters. The lowest BCUT2D eigenvalue weighted by atomic mass is 9.78. The molecule has 0 amide bonds. The molecular formula is C47H32N2O. The second-order valence-corrected chi connectivity index (χ2v) is 13.7. The van der Waals surface area contributed by atoms with Gasteiger partial charge in [0.1, 0.15) is 11.2 Å². The van der Waals surface area contributed by atoms with Crippen molar-refractivity contribution in [2.45, 2.75) is 19.3 Å². The van der Waals surface area contributed by atoms with Gasteiger partial charge < -0.3 is 4.42 Å². The normalized spacial score (nSPS) is 13.2. The van der Waals surface area contributed by atoms with Crippen LogP contribution in [0.1, 0.15) is 25.0 Å². The third-order valence-electron chi connectivity index (χ3n) is 10.5. The molecule has 0 radical (unpaired) electrons. The maximum atomic E-state index is 6.48. The van der Waals surface area contributed by atoms with Gasteiger partial charge in [-0.2, -0.15) is 0 Å². The fourth-order valence-electron chi connectivity index (χ4n) is 8.21.